The first-order valence-corrected chi connectivity index (χ1v) is 11.9. The second kappa shape index (κ2) is 8.35. The van der Waals surface area contributed by atoms with E-state index in [0.717, 1.165) is 10.8 Å². The second-order valence-corrected chi connectivity index (χ2v) is 10.2. The van der Waals surface area contributed by atoms with Gasteiger partial charge in [-0.05, 0) is 48.6 Å². The van der Waals surface area contributed by atoms with Crippen molar-refractivity contribution in [3.8, 4) is 0 Å². The number of benzene rings is 2. The number of nitrogens with two attached hydrogens (primary N) is 1. The van der Waals surface area contributed by atoms with Gasteiger partial charge in [-0.15, -0.1) is 0 Å². The number of sulfonamides is 1. The van der Waals surface area contributed by atoms with Crippen molar-refractivity contribution in [2.45, 2.75) is 30.6 Å². The Bertz CT molecular complexity index is 1060. The van der Waals surface area contributed by atoms with Crippen LogP contribution in [0.25, 0.3) is 10.8 Å². The Hall–Kier alpha value is -2.45. The average molecular weight is 430 g/mol. The number of fused-ring (bicyclic) bond motifs is 1. The lowest BCUT2D eigenvalue weighted by Gasteiger charge is -2.37. The van der Waals surface area contributed by atoms with Crippen LogP contribution in [0.4, 0.5) is 0 Å². The first-order valence-electron chi connectivity index (χ1n) is 10.4. The Balaban J connectivity index is 1.47. The van der Waals surface area contributed by atoms with Gasteiger partial charge in [0.25, 0.3) is 0 Å². The van der Waals surface area contributed by atoms with Crippen molar-refractivity contribution in [1.82, 2.24) is 9.21 Å². The van der Waals surface area contributed by atoms with Crippen molar-refractivity contribution in [3.63, 3.8) is 0 Å². The fraction of sp³-hybridized carbons (Fsp3) is 0.455. The average Bonchev–Trinajstić information content (AvgIpc) is 2.78. The first-order chi connectivity index (χ1) is 14.4. The van der Waals surface area contributed by atoms with Crippen LogP contribution in [0.5, 0.6) is 0 Å². The number of likely N-dealkylation sites (tertiary alicyclic amines) is 1. The van der Waals surface area contributed by atoms with Crippen LogP contribution >= 0.6 is 0 Å². The van der Waals surface area contributed by atoms with Crippen LogP contribution in [-0.4, -0.2) is 55.6 Å². The summed E-state index contributed by atoms with van der Waals surface area (Å²) in [6.45, 7) is 1.62. The molecule has 2 N–H and O–H groups in total. The van der Waals surface area contributed by atoms with Gasteiger partial charge in [0.15, 0.2) is 0 Å². The zero-order valence-corrected chi connectivity index (χ0v) is 17.7. The number of nitrogens with zero attached hydrogens (tertiary/aromatic N) is 2. The Kier molecular flexibility index (Phi) is 5.79. The van der Waals surface area contributed by atoms with Crippen LogP contribution in [0.1, 0.15) is 25.7 Å². The minimum atomic E-state index is -3.67. The largest absolute Gasteiger partial charge is 0.369 e. The maximum absolute atomic E-state index is 13.2. The molecule has 2 heterocycles. The topological polar surface area (TPSA) is 101 Å². The third-order valence-corrected chi connectivity index (χ3v) is 8.16. The second-order valence-electron chi connectivity index (χ2n) is 8.21. The van der Waals surface area contributed by atoms with Crippen molar-refractivity contribution in [2.75, 3.05) is 26.2 Å². The number of rotatable bonds is 4. The van der Waals surface area contributed by atoms with E-state index in [1.54, 1.807) is 17.0 Å². The number of primary amides is 1. The van der Waals surface area contributed by atoms with E-state index in [-0.39, 0.29) is 35.1 Å². The fourth-order valence-electron chi connectivity index (χ4n) is 4.48. The van der Waals surface area contributed by atoms with Crippen LogP contribution in [0.15, 0.2) is 47.4 Å². The molecule has 0 aliphatic carbocycles. The Morgan fingerprint density at radius 1 is 0.900 bits per heavy atom. The number of hydrogen-bond acceptors (Lipinski definition) is 4. The third-order valence-electron chi connectivity index (χ3n) is 6.30. The Morgan fingerprint density at radius 3 is 2.30 bits per heavy atom. The highest BCUT2D eigenvalue weighted by Gasteiger charge is 2.36. The molecule has 8 heteroatoms. The zero-order chi connectivity index (χ0) is 21.3. The van der Waals surface area contributed by atoms with Crippen molar-refractivity contribution in [3.05, 3.63) is 42.5 Å². The maximum Gasteiger partial charge on any atom is 0.243 e. The molecule has 1 atom stereocenters. The quantitative estimate of drug-likeness (QED) is 0.803. The van der Waals surface area contributed by atoms with Gasteiger partial charge >= 0.3 is 0 Å². The summed E-state index contributed by atoms with van der Waals surface area (Å²) in [5.41, 5.74) is 5.37. The number of hydrogen-bond donors (Lipinski definition) is 1. The number of carbonyl (C=O) groups is 2. The van der Waals surface area contributed by atoms with Crippen LogP contribution < -0.4 is 5.73 Å². The minimum absolute atomic E-state index is 0.0173. The van der Waals surface area contributed by atoms with E-state index in [9.17, 15) is 18.0 Å². The molecule has 0 aromatic heterocycles. The normalized spacial score (nSPS) is 21.6. The predicted octanol–water partition coefficient (Wildman–Crippen LogP) is 1.96. The van der Waals surface area contributed by atoms with Gasteiger partial charge in [0.05, 0.1) is 10.8 Å². The molecule has 0 unspecified atom stereocenters. The van der Waals surface area contributed by atoms with Gasteiger partial charge in [-0.25, -0.2) is 8.42 Å². The molecule has 2 amide bonds. The first kappa shape index (κ1) is 20.8. The molecule has 2 aliphatic heterocycles. The van der Waals surface area contributed by atoms with E-state index >= 15 is 0 Å². The van der Waals surface area contributed by atoms with Gasteiger partial charge in [0.2, 0.25) is 21.8 Å². The molecule has 4 rings (SSSR count). The van der Waals surface area contributed by atoms with E-state index in [0.29, 0.717) is 45.3 Å². The molecule has 2 saturated heterocycles. The summed E-state index contributed by atoms with van der Waals surface area (Å²) < 4.78 is 27.9. The van der Waals surface area contributed by atoms with Crippen LogP contribution in [0.3, 0.4) is 0 Å². The molecule has 2 aliphatic rings. The Morgan fingerprint density at radius 2 is 1.60 bits per heavy atom. The van der Waals surface area contributed by atoms with Gasteiger partial charge in [-0.2, -0.15) is 4.31 Å². The molecule has 0 saturated carbocycles. The SMILES string of the molecule is NC(=O)C1CCN(C(=O)[C@@H]2CCCN(S(=O)(=O)c3ccc4ccccc4c3)C2)CC1. The van der Waals surface area contributed by atoms with Crippen molar-refractivity contribution < 1.29 is 18.0 Å². The maximum atomic E-state index is 13.2. The van der Waals surface area contributed by atoms with Crippen LogP contribution in [0, 0.1) is 11.8 Å². The summed E-state index contributed by atoms with van der Waals surface area (Å²) in [4.78, 5) is 26.4. The third kappa shape index (κ3) is 4.06. The highest BCUT2D eigenvalue weighted by molar-refractivity contribution is 7.89. The summed E-state index contributed by atoms with van der Waals surface area (Å²) in [7, 11) is -3.67. The standard InChI is InChI=1S/C22H27N3O4S/c23-21(26)17-9-12-24(13-10-17)22(27)19-6-3-11-25(15-19)30(28,29)20-8-7-16-4-1-2-5-18(16)14-20/h1-2,4-5,7-8,14,17,19H,3,6,9-13,15H2,(H2,23,26)/t19-/m1/s1. The van der Waals surface area contributed by atoms with Gasteiger partial charge < -0.3 is 10.6 Å². The number of carbonyl (C=O) groups excluding carboxylic acids is 2. The van der Waals surface area contributed by atoms with E-state index in [1.165, 1.54) is 4.31 Å². The number of piperidine rings is 2. The molecule has 0 spiro atoms. The summed E-state index contributed by atoms with van der Waals surface area (Å²) in [6.07, 6.45) is 2.49. The lowest BCUT2D eigenvalue weighted by molar-refractivity contribution is -0.139. The molecule has 7 nitrogen and oxygen atoms in total. The van der Waals surface area contributed by atoms with Gasteiger partial charge in [-0.3, -0.25) is 9.59 Å². The number of amides is 2. The van der Waals surface area contributed by atoms with E-state index in [4.69, 9.17) is 5.73 Å². The molecule has 0 bridgehead atoms. The highest BCUT2D eigenvalue weighted by atomic mass is 32.2. The summed E-state index contributed by atoms with van der Waals surface area (Å²) in [6, 6.07) is 12.8. The van der Waals surface area contributed by atoms with Gasteiger partial charge in [-0.1, -0.05) is 30.3 Å². The smallest absolute Gasteiger partial charge is 0.243 e. The fourth-order valence-corrected chi connectivity index (χ4v) is 6.04. The van der Waals surface area contributed by atoms with Gasteiger partial charge in [0.1, 0.15) is 0 Å². The molecule has 2 aromatic carbocycles. The molecule has 160 valence electrons. The molecule has 2 fully saturated rings. The van der Waals surface area contributed by atoms with E-state index < -0.39 is 10.0 Å². The molecule has 30 heavy (non-hydrogen) atoms. The summed E-state index contributed by atoms with van der Waals surface area (Å²) in [5.74, 6) is -0.854. The van der Waals surface area contributed by atoms with Gasteiger partial charge in [0, 0.05) is 32.1 Å². The Labute approximate surface area is 176 Å². The zero-order valence-electron chi connectivity index (χ0n) is 16.9. The van der Waals surface area contributed by atoms with Crippen molar-refractivity contribution in [1.29, 1.82) is 0 Å². The monoisotopic (exact) mass is 429 g/mol. The minimum Gasteiger partial charge on any atom is -0.369 e. The van der Waals surface area contributed by atoms with Crippen LogP contribution in [0.2, 0.25) is 0 Å². The lowest BCUT2D eigenvalue weighted by Crippen LogP contribution is -2.49. The van der Waals surface area contributed by atoms with E-state index in [2.05, 4.69) is 0 Å². The summed E-state index contributed by atoms with van der Waals surface area (Å²) in [5, 5.41) is 1.86. The summed E-state index contributed by atoms with van der Waals surface area (Å²) >= 11 is 0. The molecular formula is C22H27N3O4S. The van der Waals surface area contributed by atoms with Crippen molar-refractivity contribution in [2.24, 2.45) is 17.6 Å². The molecule has 2 aromatic rings. The highest BCUT2D eigenvalue weighted by Crippen LogP contribution is 2.28. The lowest BCUT2D eigenvalue weighted by atomic mass is 9.93. The van der Waals surface area contributed by atoms with Crippen LogP contribution in [-0.2, 0) is 19.6 Å². The van der Waals surface area contributed by atoms with E-state index in [1.807, 2.05) is 30.3 Å². The predicted molar refractivity (Wildman–Crippen MR) is 114 cm³/mol. The molecule has 0 radical (unpaired) electrons. The molecular weight excluding hydrogens is 402 g/mol. The van der Waals surface area contributed by atoms with Crippen molar-refractivity contribution >= 4 is 32.6 Å².